The molecule has 0 aromatic heterocycles. The number of hydrogen-bond donors (Lipinski definition) is 23. The number of carboxylic acids is 1. The zero-order chi connectivity index (χ0) is 76.7. The second-order valence-corrected chi connectivity index (χ2v) is 25.4. The summed E-state index contributed by atoms with van der Waals surface area (Å²) < 4.78 is 79.6. The van der Waals surface area contributed by atoms with Crippen molar-refractivity contribution in [2.75, 3.05) is 79.2 Å². The van der Waals surface area contributed by atoms with E-state index in [1.165, 1.54) is 30.3 Å². The Labute approximate surface area is 597 Å². The van der Waals surface area contributed by atoms with Gasteiger partial charge < -0.3 is 185 Å². The molecule has 8 rings (SSSR count). The zero-order valence-electron chi connectivity index (χ0n) is 56.5. The van der Waals surface area contributed by atoms with Gasteiger partial charge >= 0.3 is 5.97 Å². The van der Waals surface area contributed by atoms with Crippen LogP contribution in [0.3, 0.4) is 0 Å². The Hall–Kier alpha value is -5.81. The lowest BCUT2D eigenvalue weighted by atomic mass is 9.95. The van der Waals surface area contributed by atoms with Gasteiger partial charge in [-0.2, -0.15) is 0 Å². The predicted octanol–water partition coefficient (Wildman–Crippen LogP) is -12.0. The first-order chi connectivity index (χ1) is 50.1. The molecule has 594 valence electrons. The van der Waals surface area contributed by atoms with E-state index in [-0.39, 0.29) is 56.2 Å². The molecular weight excluding hydrogens is 1420 g/mol. The number of aliphatic hydroxyl groups is 18. The second kappa shape index (κ2) is 39.5. The molecule has 6 aliphatic rings. The van der Waals surface area contributed by atoms with E-state index in [9.17, 15) is 121 Å². The number of carbonyl (C=O) groups is 5. The number of nitrogens with one attached hydrogen (secondary N) is 4. The first-order valence-electron chi connectivity index (χ1n) is 33.5. The van der Waals surface area contributed by atoms with E-state index in [0.29, 0.717) is 11.1 Å². The van der Waals surface area contributed by atoms with Crippen molar-refractivity contribution in [1.82, 2.24) is 21.3 Å². The third kappa shape index (κ3) is 21.4. The molecule has 2 aromatic rings. The molecular formula is C63H94N4O38. The minimum atomic E-state index is -2.03. The monoisotopic (exact) mass is 1510 g/mol. The van der Waals surface area contributed by atoms with E-state index < -0.39 is 267 Å². The Bertz CT molecular complexity index is 3080. The van der Waals surface area contributed by atoms with Crippen LogP contribution in [0.5, 0.6) is 11.5 Å². The van der Waals surface area contributed by atoms with Crippen molar-refractivity contribution >= 4 is 29.6 Å². The van der Waals surface area contributed by atoms with Crippen molar-refractivity contribution in [3.63, 3.8) is 0 Å². The predicted molar refractivity (Wildman–Crippen MR) is 338 cm³/mol. The third-order valence-electron chi connectivity index (χ3n) is 17.9. The quantitative estimate of drug-likeness (QED) is 0.0289. The maximum atomic E-state index is 13.0. The summed E-state index contributed by atoms with van der Waals surface area (Å²) >= 11 is 0. The Morgan fingerprint density at radius 2 is 0.733 bits per heavy atom. The van der Waals surface area contributed by atoms with Crippen LogP contribution in [0.15, 0.2) is 42.5 Å². The van der Waals surface area contributed by atoms with Crippen LogP contribution >= 0.6 is 0 Å². The molecule has 6 saturated heterocycles. The average Bonchev–Trinajstić information content (AvgIpc) is 0.779. The van der Waals surface area contributed by atoms with Gasteiger partial charge in [-0.3, -0.25) is 19.2 Å². The molecule has 0 saturated carbocycles. The van der Waals surface area contributed by atoms with Gasteiger partial charge in [-0.1, -0.05) is 12.1 Å². The lowest BCUT2D eigenvalue weighted by Crippen LogP contribution is -2.68. The highest BCUT2D eigenvalue weighted by Gasteiger charge is 2.57. The van der Waals surface area contributed by atoms with Gasteiger partial charge in [0.1, 0.15) is 158 Å². The molecule has 0 spiro atoms. The van der Waals surface area contributed by atoms with Gasteiger partial charge in [-0.05, 0) is 54.3 Å². The van der Waals surface area contributed by atoms with E-state index >= 15 is 0 Å². The van der Waals surface area contributed by atoms with Gasteiger partial charge in [0.15, 0.2) is 51.0 Å². The number of ether oxygens (including phenoxy) is 14. The van der Waals surface area contributed by atoms with E-state index in [4.69, 9.17) is 66.3 Å². The van der Waals surface area contributed by atoms with Crippen LogP contribution in [0.25, 0.3) is 11.1 Å². The van der Waals surface area contributed by atoms with Gasteiger partial charge in [0.2, 0.25) is 11.8 Å². The lowest BCUT2D eigenvalue weighted by Gasteiger charge is -2.48. The minimum Gasteiger partial charge on any atom is -0.484 e. The van der Waals surface area contributed by atoms with Crippen LogP contribution in [0.2, 0.25) is 0 Å². The summed E-state index contributed by atoms with van der Waals surface area (Å²) in [5.74, 6) is -3.64. The molecule has 30 atom stereocenters. The molecule has 23 N–H and O–H groups in total. The van der Waals surface area contributed by atoms with Crippen LogP contribution in [-0.2, 0) is 76.0 Å². The van der Waals surface area contributed by atoms with Crippen molar-refractivity contribution < 1.29 is 187 Å². The molecule has 6 aliphatic heterocycles. The molecule has 42 heteroatoms. The van der Waals surface area contributed by atoms with Gasteiger partial charge in [0.05, 0.1) is 58.4 Å². The summed E-state index contributed by atoms with van der Waals surface area (Å²) in [6.45, 7) is -4.37. The van der Waals surface area contributed by atoms with Crippen LogP contribution in [0.1, 0.15) is 37.0 Å². The Balaban J connectivity index is 0.761. The molecule has 18 unspecified atom stereocenters. The van der Waals surface area contributed by atoms with Gasteiger partial charge in [-0.15, -0.1) is 0 Å². The fourth-order valence-corrected chi connectivity index (χ4v) is 12.3. The molecule has 6 fully saturated rings. The first kappa shape index (κ1) is 84.8. The average molecular weight is 1520 g/mol. The van der Waals surface area contributed by atoms with Crippen molar-refractivity contribution in [3.8, 4) is 22.6 Å². The standard InChI is InChI=1S/C63H94N4O38/c1-24(74)66-39-45(82)53(102-62-51(88)55(43(80)33(18-70)98-62)104-60-49(86)47(84)41(78)31(16-68)96-60)35(20-72)100-58(39)92-11-3-9-64-37(76)22-94-29-7-5-26(6-8-29)27-13-28(57(90)91)15-30(14-27)95-23-38(77)65-10-4-12-93-59-40(67-25(2)75)46(83)54(36(21-73)101-59)103-63-52(89)56(44(81)34(19-71)99-63)105-61-50(87)48(85)42(79)32(17-69)97-61/h5-8,13-15,31-36,39-56,58-63,68-73,78-89H,3-4,9-12,16-23H2,1-2H3,(H,64,76)(H,65,77)(H,66,74)(H,67,75)(H,90,91)/t31?,32?,33?,34?,35?,36?,39?,40?,41-,42-,43-,44-,45?,46?,47?,48?,49?,50?,51?,52?,53+,54+,55?,56?,58+,59+,60+,61+,62-,63-/m0/s1. The normalized spacial score (nSPS) is 37.9. The first-order valence-corrected chi connectivity index (χ1v) is 33.5. The highest BCUT2D eigenvalue weighted by atomic mass is 16.8. The Morgan fingerprint density at radius 1 is 0.381 bits per heavy atom. The second-order valence-electron chi connectivity index (χ2n) is 25.4. The number of benzene rings is 2. The Kier molecular flexibility index (Phi) is 31.9. The maximum Gasteiger partial charge on any atom is 0.335 e. The number of rotatable bonds is 34. The molecule has 0 radical (unpaired) electrons. The molecule has 2 aromatic carbocycles. The fraction of sp³-hybridized carbons (Fsp3) is 0.730. The molecule has 4 amide bonds. The van der Waals surface area contributed by atoms with Crippen LogP contribution < -0.4 is 30.7 Å². The Morgan fingerprint density at radius 3 is 1.10 bits per heavy atom. The fourth-order valence-electron chi connectivity index (χ4n) is 12.3. The van der Waals surface area contributed by atoms with Crippen LogP contribution in [-0.4, -0.2) is 390 Å². The van der Waals surface area contributed by atoms with E-state index in [2.05, 4.69) is 21.3 Å². The van der Waals surface area contributed by atoms with Gasteiger partial charge in [-0.25, -0.2) is 4.79 Å². The van der Waals surface area contributed by atoms with Gasteiger partial charge in [0, 0.05) is 26.9 Å². The molecule has 6 heterocycles. The van der Waals surface area contributed by atoms with Crippen molar-refractivity contribution in [3.05, 3.63) is 48.0 Å². The van der Waals surface area contributed by atoms with Crippen molar-refractivity contribution in [2.24, 2.45) is 0 Å². The van der Waals surface area contributed by atoms with E-state index in [1.807, 2.05) is 0 Å². The summed E-state index contributed by atoms with van der Waals surface area (Å²) in [5.41, 5.74) is 0.640. The highest BCUT2D eigenvalue weighted by Crippen LogP contribution is 2.37. The maximum absolute atomic E-state index is 13.0. The summed E-state index contributed by atoms with van der Waals surface area (Å²) in [4.78, 5) is 62.7. The highest BCUT2D eigenvalue weighted by molar-refractivity contribution is 5.90. The van der Waals surface area contributed by atoms with Crippen LogP contribution in [0, 0.1) is 0 Å². The number of hydrogen-bond acceptors (Lipinski definition) is 37. The van der Waals surface area contributed by atoms with E-state index in [1.54, 1.807) is 12.1 Å². The number of carboxylic acid groups (broad SMARTS) is 1. The molecule has 0 aliphatic carbocycles. The van der Waals surface area contributed by atoms with Crippen LogP contribution in [0.4, 0.5) is 0 Å². The molecule has 42 nitrogen and oxygen atoms in total. The summed E-state index contributed by atoms with van der Waals surface area (Å²) in [7, 11) is 0. The summed E-state index contributed by atoms with van der Waals surface area (Å²) in [6, 6.07) is 7.35. The lowest BCUT2D eigenvalue weighted by molar-refractivity contribution is -0.376. The smallest absolute Gasteiger partial charge is 0.335 e. The molecule has 0 bridgehead atoms. The zero-order valence-corrected chi connectivity index (χ0v) is 56.5. The SMILES string of the molecule is CC(=O)NC1C(O)[C@H](O[C@@H]2OC(CO)[C@H](O)C(O[C@H]3OC(CO)[C@H](O)C(O)C3O)C2O)C(CO)O[C@H]1OCCCNC(=O)COc1ccc(-c2cc(OCC(=O)NCCCO[C@@H]3OC(CO)[C@@H](O[C@@H]4OC(CO)[C@H](O)C(O[C@H]5OC(CO)[C@H](O)C(O)C5O)C4O)C(O)C3NC(C)=O)cc(C(=O)O)c2)cc1. The summed E-state index contributed by atoms with van der Waals surface area (Å²) in [6.07, 6.45) is -48.7. The number of carbonyl (C=O) groups excluding carboxylic acids is 4. The molecule has 105 heavy (non-hydrogen) atoms. The number of amides is 4. The van der Waals surface area contributed by atoms with Crippen molar-refractivity contribution in [2.45, 2.75) is 211 Å². The number of aromatic carboxylic acids is 1. The topological polar surface area (TPSA) is 647 Å². The largest absolute Gasteiger partial charge is 0.484 e. The summed E-state index contributed by atoms with van der Waals surface area (Å²) in [5, 5.41) is 210. The van der Waals surface area contributed by atoms with E-state index in [0.717, 1.165) is 13.8 Å². The number of aliphatic hydroxyl groups excluding tert-OH is 18. The van der Waals surface area contributed by atoms with Crippen molar-refractivity contribution in [1.29, 1.82) is 0 Å². The third-order valence-corrected chi connectivity index (χ3v) is 17.9. The van der Waals surface area contributed by atoms with Gasteiger partial charge in [0.25, 0.3) is 11.8 Å². The minimum absolute atomic E-state index is 0.000248.